The summed E-state index contributed by atoms with van der Waals surface area (Å²) in [4.78, 5) is 37.9. The first-order valence-electron chi connectivity index (χ1n) is 19.6. The number of carbonyl (C=O) groups excluding carboxylic acids is 1. The zero-order chi connectivity index (χ0) is 43.3. The third-order valence-corrected chi connectivity index (χ3v) is 11.9. The second kappa shape index (κ2) is 21.7. The molecule has 0 saturated carbocycles. The minimum Gasteiger partial charge on any atom is -0.481 e. The number of hydrogen-bond donors (Lipinski definition) is 5. The summed E-state index contributed by atoms with van der Waals surface area (Å²) in [6.45, 7) is 10.3. The highest BCUT2D eigenvalue weighted by atomic mass is 32.2. The molecule has 0 spiro atoms. The summed E-state index contributed by atoms with van der Waals surface area (Å²) >= 11 is 1.98. The van der Waals surface area contributed by atoms with E-state index in [1.165, 1.54) is 11.1 Å². The third-order valence-electron chi connectivity index (χ3n) is 10.7. The average molecular weight is 863 g/mol. The van der Waals surface area contributed by atoms with Crippen molar-refractivity contribution in [1.82, 2.24) is 5.32 Å². The summed E-state index contributed by atoms with van der Waals surface area (Å²) in [6.07, 6.45) is 16.6. The molecule has 16 heteroatoms. The second-order valence-corrected chi connectivity index (χ2v) is 16.9. The number of aliphatic carboxylic acids is 2. The van der Waals surface area contributed by atoms with Crippen LogP contribution in [0, 0.1) is 0 Å². The highest BCUT2D eigenvalue weighted by molar-refractivity contribution is 7.94. The quantitative estimate of drug-likeness (QED) is 0.0152. The highest BCUT2D eigenvalue weighted by Crippen LogP contribution is 2.48. The molecule has 0 fully saturated rings. The zero-order valence-corrected chi connectivity index (χ0v) is 35.7. The van der Waals surface area contributed by atoms with Gasteiger partial charge >= 0.3 is 11.9 Å². The van der Waals surface area contributed by atoms with Crippen molar-refractivity contribution >= 4 is 69.8 Å². The normalized spacial score (nSPS) is 16.8. The van der Waals surface area contributed by atoms with Crippen LogP contribution in [-0.2, 0) is 44.0 Å². The molecule has 3 aromatic rings. The lowest BCUT2D eigenvalue weighted by atomic mass is 9.79. The molecular weight excluding hydrogens is 811 g/mol. The van der Waals surface area contributed by atoms with E-state index < -0.39 is 30.3 Å². The van der Waals surface area contributed by atoms with Crippen LogP contribution in [0.15, 0.2) is 108 Å². The van der Waals surface area contributed by atoms with E-state index in [1.807, 2.05) is 48.6 Å². The molecule has 320 valence electrons. The first-order chi connectivity index (χ1) is 28.8. The van der Waals surface area contributed by atoms with Gasteiger partial charge in [0.15, 0.2) is 5.71 Å². The summed E-state index contributed by atoms with van der Waals surface area (Å²) < 4.78 is 11.6. The Labute approximate surface area is 358 Å². The van der Waals surface area contributed by atoms with E-state index in [2.05, 4.69) is 110 Å². The minimum absolute atomic E-state index is 0.0877. The van der Waals surface area contributed by atoms with Crippen molar-refractivity contribution in [2.45, 2.75) is 88.0 Å². The molecule has 2 heterocycles. The fraction of sp³-hybridized carbons (Fsp3) is 0.364. The monoisotopic (exact) mass is 862 g/mol. The number of rotatable bonds is 23. The van der Waals surface area contributed by atoms with Gasteiger partial charge in [-0.05, 0) is 79.8 Å². The standard InChI is InChI=1S/C44H51N3O11S2/c1-43(2)33-16-10-11-17-35(33)46(25-13-12-20-39(48)45-34(42(51)52)29-40(49)50)37(43)18-8-6-5-7-9-19-38-44(3,4)41-32-23-22-31(60-58-56-54)28-30(32)21-24-36(41)47(38)26-14-15-27-59-57-55-53/h5-11,16-19,21-24,28,34H,12-15,20,25-27,29H2,1-4H3,(H4-,45,48,49,50,51,52,53,54)/p+1. The van der Waals surface area contributed by atoms with E-state index in [9.17, 15) is 19.5 Å². The van der Waals surface area contributed by atoms with Crippen LogP contribution in [0.3, 0.4) is 0 Å². The first kappa shape index (κ1) is 46.3. The van der Waals surface area contributed by atoms with Gasteiger partial charge in [0.05, 0.1) is 23.9 Å². The van der Waals surface area contributed by atoms with E-state index >= 15 is 0 Å². The number of fused-ring (bicyclic) bond motifs is 4. The topological polar surface area (TPSA) is 187 Å². The molecule has 0 bridgehead atoms. The molecule has 0 saturated heterocycles. The molecule has 5 rings (SSSR count). The van der Waals surface area contributed by atoms with Crippen LogP contribution in [-0.4, -0.2) is 73.7 Å². The van der Waals surface area contributed by atoms with Crippen LogP contribution in [0.5, 0.6) is 0 Å². The van der Waals surface area contributed by atoms with Crippen LogP contribution >= 0.6 is 24.1 Å². The molecule has 3 aromatic carbocycles. The van der Waals surface area contributed by atoms with Crippen molar-refractivity contribution < 1.29 is 58.4 Å². The van der Waals surface area contributed by atoms with Crippen molar-refractivity contribution in [2.75, 3.05) is 23.7 Å². The molecule has 0 radical (unpaired) electrons. The number of carbonyl (C=O) groups is 3. The van der Waals surface area contributed by atoms with E-state index in [0.29, 0.717) is 25.1 Å². The van der Waals surface area contributed by atoms with Crippen molar-refractivity contribution in [1.29, 1.82) is 0 Å². The van der Waals surface area contributed by atoms with Crippen molar-refractivity contribution in [3.05, 3.63) is 114 Å². The fourth-order valence-electron chi connectivity index (χ4n) is 7.97. The molecule has 1 unspecified atom stereocenters. The Balaban J connectivity index is 1.30. The molecule has 0 aromatic heterocycles. The number of amides is 1. The molecule has 1 atom stereocenters. The number of allylic oxidation sites excluding steroid dienone is 8. The molecule has 14 nitrogen and oxygen atoms in total. The van der Waals surface area contributed by atoms with Crippen LogP contribution in [0.1, 0.15) is 77.3 Å². The lowest BCUT2D eigenvalue weighted by molar-refractivity contribution is -0.438. The fourth-order valence-corrected chi connectivity index (χ4v) is 8.81. The summed E-state index contributed by atoms with van der Waals surface area (Å²) in [6, 6.07) is 17.0. The predicted molar refractivity (Wildman–Crippen MR) is 232 cm³/mol. The van der Waals surface area contributed by atoms with Crippen LogP contribution in [0.4, 0.5) is 11.4 Å². The Bertz CT molecular complexity index is 2180. The Kier molecular flexibility index (Phi) is 16.7. The summed E-state index contributed by atoms with van der Waals surface area (Å²) in [5.74, 6) is -2.50. The predicted octanol–water partition coefficient (Wildman–Crippen LogP) is 9.06. The van der Waals surface area contributed by atoms with Crippen molar-refractivity contribution in [3.8, 4) is 0 Å². The van der Waals surface area contributed by atoms with Crippen LogP contribution in [0.25, 0.3) is 10.8 Å². The van der Waals surface area contributed by atoms with Gasteiger partial charge in [0.2, 0.25) is 11.6 Å². The maximum absolute atomic E-state index is 12.4. The molecule has 0 aliphatic carbocycles. The molecule has 2 aliphatic heterocycles. The largest absolute Gasteiger partial charge is 0.481 e. The van der Waals surface area contributed by atoms with Gasteiger partial charge in [-0.15, -0.1) is 8.67 Å². The number of carboxylic acids is 2. The van der Waals surface area contributed by atoms with Gasteiger partial charge in [0, 0.05) is 76.6 Å². The molecular formula is C44H52N3O11S2+. The Morgan fingerprint density at radius 3 is 2.37 bits per heavy atom. The molecule has 2 aliphatic rings. The molecule has 1 amide bonds. The number of nitrogens with one attached hydrogen (secondary N) is 1. The van der Waals surface area contributed by atoms with E-state index in [1.54, 1.807) is 0 Å². The zero-order valence-electron chi connectivity index (χ0n) is 34.0. The van der Waals surface area contributed by atoms with E-state index in [4.69, 9.17) is 15.6 Å². The average Bonchev–Trinajstić information content (AvgIpc) is 3.57. The maximum atomic E-state index is 12.4. The number of hydrogen-bond acceptors (Lipinski definition) is 12. The van der Waals surface area contributed by atoms with E-state index in [0.717, 1.165) is 81.9 Å². The second-order valence-electron chi connectivity index (χ2n) is 15.4. The molecule has 5 N–H and O–H groups in total. The summed E-state index contributed by atoms with van der Waals surface area (Å²) in [5.41, 5.74) is 6.30. The van der Waals surface area contributed by atoms with Gasteiger partial charge in [-0.1, -0.05) is 78.6 Å². The molecule has 60 heavy (non-hydrogen) atoms. The highest BCUT2D eigenvalue weighted by Gasteiger charge is 2.45. The number of carboxylic acid groups (broad SMARTS) is 2. The Hall–Kier alpha value is -4.78. The summed E-state index contributed by atoms with van der Waals surface area (Å²) in [7, 11) is 0. The van der Waals surface area contributed by atoms with Gasteiger partial charge < -0.3 is 20.4 Å². The van der Waals surface area contributed by atoms with Gasteiger partial charge in [-0.3, -0.25) is 9.59 Å². The Morgan fingerprint density at radius 1 is 0.867 bits per heavy atom. The lowest BCUT2D eigenvalue weighted by Crippen LogP contribution is -2.42. The number of benzene rings is 3. The smallest absolute Gasteiger partial charge is 0.326 e. The van der Waals surface area contributed by atoms with Crippen molar-refractivity contribution in [3.63, 3.8) is 0 Å². The van der Waals surface area contributed by atoms with Crippen molar-refractivity contribution in [2.24, 2.45) is 0 Å². The SMILES string of the molecule is CC1(C)C(/C=C/C=C/C=C/C=C2/N(CCCCC(=O)NC(CC(=O)O)C(=O)O)c3ccccc3C2(C)C)=[N+](CCCCSOOO)c2ccc3cc(SOOO)ccc3c21. The maximum Gasteiger partial charge on any atom is 0.326 e. The number of unbranched alkanes of at least 4 members (excludes halogenated alkanes) is 2. The van der Waals surface area contributed by atoms with Gasteiger partial charge in [-0.25, -0.2) is 15.3 Å². The van der Waals surface area contributed by atoms with Gasteiger partial charge in [-0.2, -0.15) is 4.58 Å². The minimum atomic E-state index is -1.46. The van der Waals surface area contributed by atoms with Crippen LogP contribution < -0.4 is 10.2 Å². The first-order valence-corrected chi connectivity index (χ1v) is 21.3. The number of anilines is 1. The third kappa shape index (κ3) is 11.3. The lowest BCUT2D eigenvalue weighted by Gasteiger charge is -2.27. The van der Waals surface area contributed by atoms with Gasteiger partial charge in [0.1, 0.15) is 12.6 Å². The van der Waals surface area contributed by atoms with Crippen LogP contribution in [0.2, 0.25) is 0 Å². The van der Waals surface area contributed by atoms with Gasteiger partial charge in [0.25, 0.3) is 0 Å². The summed E-state index contributed by atoms with van der Waals surface area (Å²) in [5, 5.41) is 47.3. The number of para-hydroxylation sites is 1. The van der Waals surface area contributed by atoms with E-state index in [-0.39, 0.29) is 17.3 Å². The number of nitrogens with zero attached hydrogens (tertiary/aromatic N) is 2. The Morgan fingerprint density at radius 2 is 1.62 bits per heavy atom.